The predicted octanol–water partition coefficient (Wildman–Crippen LogP) is 5.80. The molecule has 0 saturated carbocycles. The maximum atomic E-state index is 12.6. The van der Waals surface area contributed by atoms with Crippen LogP contribution in [0, 0.1) is 0 Å². The van der Waals surface area contributed by atoms with E-state index in [1.54, 1.807) is 42.9 Å². The Kier molecular flexibility index (Phi) is 9.02. The fourth-order valence-corrected chi connectivity index (χ4v) is 4.20. The molecule has 1 atom stereocenters. The van der Waals surface area contributed by atoms with Crippen molar-refractivity contribution < 1.29 is 14.7 Å². The summed E-state index contributed by atoms with van der Waals surface area (Å²) in [5.74, 6) is -1.28. The van der Waals surface area contributed by atoms with Gasteiger partial charge in [0, 0.05) is 24.3 Å². The van der Waals surface area contributed by atoms with Crippen LogP contribution in [0.25, 0.3) is 6.08 Å². The minimum absolute atomic E-state index is 0.0410. The molecule has 2 aromatic carbocycles. The summed E-state index contributed by atoms with van der Waals surface area (Å²) in [5, 5.41) is 12.4. The Hall–Kier alpha value is -4.27. The lowest BCUT2D eigenvalue weighted by atomic mass is 10.1. The van der Waals surface area contributed by atoms with Gasteiger partial charge >= 0.3 is 5.97 Å². The van der Waals surface area contributed by atoms with Gasteiger partial charge in [-0.3, -0.25) is 9.78 Å². The number of amides is 1. The van der Waals surface area contributed by atoms with Gasteiger partial charge in [0.25, 0.3) is 5.91 Å². The third kappa shape index (κ3) is 6.94. The highest BCUT2D eigenvalue weighted by molar-refractivity contribution is 6.39. The molecule has 2 aromatic heterocycles. The number of benzene rings is 2. The topological polar surface area (TPSA) is 108 Å². The number of hydrogen-bond donors (Lipinski definition) is 2. The van der Waals surface area contributed by atoms with Crippen molar-refractivity contribution in [2.24, 2.45) is 0 Å². The van der Waals surface area contributed by atoms with Gasteiger partial charge in [0.05, 0.1) is 27.8 Å². The second kappa shape index (κ2) is 12.8. The van der Waals surface area contributed by atoms with E-state index >= 15 is 0 Å². The zero-order chi connectivity index (χ0) is 26.9. The Morgan fingerprint density at radius 2 is 1.58 bits per heavy atom. The lowest BCUT2D eigenvalue weighted by Gasteiger charge is -2.22. The van der Waals surface area contributed by atoms with E-state index in [1.165, 1.54) is 12.1 Å². The molecule has 4 rings (SSSR count). The lowest BCUT2D eigenvalue weighted by Crippen LogP contribution is -2.40. The van der Waals surface area contributed by atoms with Crippen molar-refractivity contribution in [3.8, 4) is 0 Å². The molecule has 2 N–H and O–H groups in total. The van der Waals surface area contributed by atoms with E-state index in [1.807, 2.05) is 47.4 Å². The van der Waals surface area contributed by atoms with Crippen LogP contribution in [-0.2, 0) is 11.3 Å². The summed E-state index contributed by atoms with van der Waals surface area (Å²) >= 11 is 12.1. The first kappa shape index (κ1) is 26.8. The second-order valence-corrected chi connectivity index (χ2v) is 8.96. The fourth-order valence-electron chi connectivity index (χ4n) is 3.63. The number of aromatic nitrogens is 3. The summed E-state index contributed by atoms with van der Waals surface area (Å²) in [4.78, 5) is 39.5. The molecule has 0 aliphatic heterocycles. The Balaban J connectivity index is 1.45. The molecule has 0 saturated heterocycles. The average Bonchev–Trinajstić information content (AvgIpc) is 2.92. The number of pyridine rings is 1. The first-order valence-corrected chi connectivity index (χ1v) is 12.4. The molecule has 0 aliphatic carbocycles. The summed E-state index contributed by atoms with van der Waals surface area (Å²) in [6, 6.07) is 18.6. The van der Waals surface area contributed by atoms with Crippen molar-refractivity contribution >= 4 is 52.8 Å². The molecular formula is C28H23Cl2N5O3. The molecule has 192 valence electrons. The van der Waals surface area contributed by atoms with Gasteiger partial charge in [0.2, 0.25) is 5.95 Å². The molecule has 0 spiro atoms. The van der Waals surface area contributed by atoms with E-state index in [2.05, 4.69) is 20.3 Å². The van der Waals surface area contributed by atoms with Crippen LogP contribution in [0.5, 0.6) is 0 Å². The SMILES string of the molecule is O=C(NC(CC=Cc1ccc(N(Cc2ccccn2)c2ncccn2)cc1)C(=O)O)c1c(Cl)cccc1Cl. The number of hydrogen-bond acceptors (Lipinski definition) is 6. The van der Waals surface area contributed by atoms with Gasteiger partial charge in [-0.1, -0.05) is 59.6 Å². The number of carboxylic acids is 1. The first-order valence-electron chi connectivity index (χ1n) is 11.6. The largest absolute Gasteiger partial charge is 0.480 e. The normalized spacial score (nSPS) is 11.7. The molecule has 2 heterocycles. The smallest absolute Gasteiger partial charge is 0.326 e. The van der Waals surface area contributed by atoms with E-state index in [0.29, 0.717) is 12.5 Å². The van der Waals surface area contributed by atoms with E-state index in [9.17, 15) is 14.7 Å². The van der Waals surface area contributed by atoms with Gasteiger partial charge in [-0.05, 0) is 54.4 Å². The average molecular weight is 548 g/mol. The summed E-state index contributed by atoms with van der Waals surface area (Å²) in [5.41, 5.74) is 2.62. The minimum atomic E-state index is -1.17. The molecule has 1 amide bonds. The molecule has 10 heteroatoms. The lowest BCUT2D eigenvalue weighted by molar-refractivity contribution is -0.139. The van der Waals surface area contributed by atoms with E-state index in [4.69, 9.17) is 23.2 Å². The molecule has 0 aliphatic rings. The van der Waals surface area contributed by atoms with Crippen LogP contribution in [0.4, 0.5) is 11.6 Å². The van der Waals surface area contributed by atoms with Crippen molar-refractivity contribution in [2.45, 2.75) is 19.0 Å². The van der Waals surface area contributed by atoms with Crippen LogP contribution in [0.15, 0.2) is 91.4 Å². The fraction of sp³-hybridized carbons (Fsp3) is 0.107. The summed E-state index contributed by atoms with van der Waals surface area (Å²) in [6.07, 6.45) is 8.65. The van der Waals surface area contributed by atoms with E-state index < -0.39 is 17.9 Å². The number of nitrogens with zero attached hydrogens (tertiary/aromatic N) is 4. The Morgan fingerprint density at radius 3 is 2.21 bits per heavy atom. The van der Waals surface area contributed by atoms with Crippen LogP contribution < -0.4 is 10.2 Å². The number of halogens is 2. The number of rotatable bonds is 10. The maximum Gasteiger partial charge on any atom is 0.326 e. The van der Waals surface area contributed by atoms with Crippen LogP contribution in [0.1, 0.15) is 28.0 Å². The molecule has 4 aromatic rings. The maximum absolute atomic E-state index is 12.6. The van der Waals surface area contributed by atoms with Crippen molar-refractivity contribution in [1.82, 2.24) is 20.3 Å². The number of nitrogens with one attached hydrogen (secondary N) is 1. The van der Waals surface area contributed by atoms with Crippen molar-refractivity contribution in [2.75, 3.05) is 4.90 Å². The number of carbonyl (C=O) groups excluding carboxylic acids is 1. The molecular weight excluding hydrogens is 525 g/mol. The van der Waals surface area contributed by atoms with Gasteiger partial charge in [-0.2, -0.15) is 0 Å². The molecule has 0 bridgehead atoms. The number of aliphatic carboxylic acids is 1. The molecule has 0 radical (unpaired) electrons. The summed E-state index contributed by atoms with van der Waals surface area (Å²) in [7, 11) is 0. The standard InChI is InChI=1S/C28H23Cl2N5O3/c29-22-8-4-9-23(30)25(22)26(36)34-24(27(37)38)10-3-6-19-11-13-21(14-12-19)35(28-32-16-5-17-33-28)18-20-7-1-2-15-31-20/h1-9,11-17,24H,10,18H2,(H,34,36)(H,37,38). The van der Waals surface area contributed by atoms with Gasteiger partial charge in [-0.25, -0.2) is 14.8 Å². The minimum Gasteiger partial charge on any atom is -0.480 e. The van der Waals surface area contributed by atoms with Crippen LogP contribution in [0.3, 0.4) is 0 Å². The van der Waals surface area contributed by atoms with Gasteiger partial charge in [-0.15, -0.1) is 0 Å². The van der Waals surface area contributed by atoms with Crippen LogP contribution in [0.2, 0.25) is 10.0 Å². The van der Waals surface area contributed by atoms with Crippen molar-refractivity contribution in [1.29, 1.82) is 0 Å². The third-order valence-electron chi connectivity index (χ3n) is 5.52. The van der Waals surface area contributed by atoms with E-state index in [-0.39, 0.29) is 22.0 Å². The van der Waals surface area contributed by atoms with Gasteiger partial charge in [0.15, 0.2) is 0 Å². The molecule has 8 nitrogen and oxygen atoms in total. The van der Waals surface area contributed by atoms with Gasteiger partial charge < -0.3 is 15.3 Å². The second-order valence-electron chi connectivity index (χ2n) is 8.15. The van der Waals surface area contributed by atoms with Crippen LogP contribution >= 0.6 is 23.2 Å². The first-order chi connectivity index (χ1) is 18.4. The summed E-state index contributed by atoms with van der Waals surface area (Å²) < 4.78 is 0. The highest BCUT2D eigenvalue weighted by Crippen LogP contribution is 2.26. The number of anilines is 2. The van der Waals surface area contributed by atoms with Crippen LogP contribution in [-0.4, -0.2) is 38.0 Å². The monoisotopic (exact) mass is 547 g/mol. The predicted molar refractivity (Wildman–Crippen MR) is 148 cm³/mol. The van der Waals surface area contributed by atoms with E-state index in [0.717, 1.165) is 16.9 Å². The van der Waals surface area contributed by atoms with Gasteiger partial charge in [0.1, 0.15) is 6.04 Å². The highest BCUT2D eigenvalue weighted by atomic mass is 35.5. The Bertz CT molecular complexity index is 1400. The quantitative estimate of drug-likeness (QED) is 0.258. The molecule has 0 fully saturated rings. The Labute approximate surface area is 229 Å². The molecule has 38 heavy (non-hydrogen) atoms. The zero-order valence-electron chi connectivity index (χ0n) is 20.0. The summed E-state index contributed by atoms with van der Waals surface area (Å²) in [6.45, 7) is 0.482. The number of carbonyl (C=O) groups is 2. The van der Waals surface area contributed by atoms with Crippen molar-refractivity contribution in [3.63, 3.8) is 0 Å². The third-order valence-corrected chi connectivity index (χ3v) is 6.15. The highest BCUT2D eigenvalue weighted by Gasteiger charge is 2.22. The Morgan fingerprint density at radius 1 is 0.895 bits per heavy atom. The van der Waals surface area contributed by atoms with Crippen molar-refractivity contribution in [3.05, 3.63) is 118 Å². The zero-order valence-corrected chi connectivity index (χ0v) is 21.5. The molecule has 1 unspecified atom stereocenters. The number of carboxylic acid groups (broad SMARTS) is 1.